The summed E-state index contributed by atoms with van der Waals surface area (Å²) in [7, 11) is 4.31. The van der Waals surface area contributed by atoms with E-state index in [1.54, 1.807) is 13.0 Å². The molecule has 0 fully saturated rings. The van der Waals surface area contributed by atoms with Crippen molar-refractivity contribution in [2.75, 3.05) is 27.9 Å². The molecule has 0 radical (unpaired) electrons. The molecule has 0 aliphatic heterocycles. The number of hydrogen-bond acceptors (Lipinski definition) is 8. The average Bonchev–Trinajstić information content (AvgIpc) is 2.78. The molecule has 1 heterocycles. The zero-order chi connectivity index (χ0) is 23.4. The topological polar surface area (TPSA) is 113 Å². The number of amides is 1. The molecular weight excluding hydrogens is 486 g/mol. The highest BCUT2D eigenvalue weighted by atomic mass is 79.9. The van der Waals surface area contributed by atoms with Gasteiger partial charge in [0.25, 0.3) is 5.91 Å². The molecule has 3 rings (SSSR count). The summed E-state index contributed by atoms with van der Waals surface area (Å²) in [5, 5.41) is 3.05. The van der Waals surface area contributed by atoms with Crippen LogP contribution < -0.4 is 29.9 Å². The van der Waals surface area contributed by atoms with Gasteiger partial charge in [-0.2, -0.15) is 0 Å². The van der Waals surface area contributed by atoms with Crippen molar-refractivity contribution in [3.8, 4) is 23.0 Å². The number of fused-ring (bicyclic) bond motifs is 1. The van der Waals surface area contributed by atoms with Gasteiger partial charge in [-0.3, -0.25) is 4.79 Å². The molecule has 168 valence electrons. The van der Waals surface area contributed by atoms with Gasteiger partial charge in [-0.25, -0.2) is 9.59 Å². The van der Waals surface area contributed by atoms with Crippen LogP contribution in [-0.4, -0.2) is 39.8 Å². The van der Waals surface area contributed by atoms with Crippen LogP contribution in [0.5, 0.6) is 23.0 Å². The van der Waals surface area contributed by atoms with Crippen LogP contribution in [0.4, 0.5) is 0 Å². The van der Waals surface area contributed by atoms with Gasteiger partial charge in [0.2, 0.25) is 5.75 Å². The van der Waals surface area contributed by atoms with Crippen molar-refractivity contribution >= 4 is 38.8 Å². The van der Waals surface area contributed by atoms with Gasteiger partial charge >= 0.3 is 11.6 Å². The molecule has 1 aromatic heterocycles. The maximum absolute atomic E-state index is 12.8. The Bertz CT molecular complexity index is 1250. The van der Waals surface area contributed by atoms with Crippen molar-refractivity contribution < 1.29 is 33.0 Å². The van der Waals surface area contributed by atoms with Crippen LogP contribution in [0.15, 0.2) is 44.0 Å². The lowest BCUT2D eigenvalue weighted by Gasteiger charge is -2.16. The third-order valence-electron chi connectivity index (χ3n) is 4.49. The highest BCUT2D eigenvalue weighted by Gasteiger charge is 2.24. The molecule has 32 heavy (non-hydrogen) atoms. The zero-order valence-corrected chi connectivity index (χ0v) is 19.3. The number of carbonyl (C=O) groups excluding carboxylic acids is 2. The number of ether oxygens (including phenoxy) is 4. The minimum atomic E-state index is -0.792. The van der Waals surface area contributed by atoms with Gasteiger partial charge in [0.15, 0.2) is 11.5 Å². The van der Waals surface area contributed by atoms with E-state index in [9.17, 15) is 14.4 Å². The number of esters is 1. The summed E-state index contributed by atoms with van der Waals surface area (Å²) in [6.07, 6.45) is 0. The highest BCUT2D eigenvalue weighted by molar-refractivity contribution is 9.10. The number of rotatable bonds is 7. The standard InChI is InChI=1S/C22H20BrNO8/c1-5-24-20(25)14-8-11-6-7-12(9-15(11)32-22(14)27)31-21(26)13-10-16(28-2)18(29-3)19(30-4)17(13)23/h6-10H,5H2,1-4H3,(H,24,25). The molecule has 0 spiro atoms. The van der Waals surface area contributed by atoms with E-state index >= 15 is 0 Å². The predicted molar refractivity (Wildman–Crippen MR) is 119 cm³/mol. The molecule has 1 amide bonds. The van der Waals surface area contributed by atoms with E-state index in [-0.39, 0.29) is 34.0 Å². The first-order chi connectivity index (χ1) is 15.3. The predicted octanol–water partition coefficient (Wildman–Crippen LogP) is 3.55. The second-order valence-corrected chi connectivity index (χ2v) is 7.20. The summed E-state index contributed by atoms with van der Waals surface area (Å²) in [5.74, 6) is -0.239. The van der Waals surface area contributed by atoms with Crippen LogP contribution in [0.3, 0.4) is 0 Å². The summed E-state index contributed by atoms with van der Waals surface area (Å²) in [6.45, 7) is 2.12. The molecule has 1 N–H and O–H groups in total. The van der Waals surface area contributed by atoms with E-state index in [0.717, 1.165) is 0 Å². The SMILES string of the molecule is CCNC(=O)c1cc2ccc(OC(=O)c3cc(OC)c(OC)c(OC)c3Br)cc2oc1=O. The number of hydrogen-bond donors (Lipinski definition) is 1. The van der Waals surface area contributed by atoms with Crippen LogP contribution in [-0.2, 0) is 0 Å². The fraction of sp³-hybridized carbons (Fsp3) is 0.227. The van der Waals surface area contributed by atoms with E-state index in [1.807, 2.05) is 0 Å². The van der Waals surface area contributed by atoms with Gasteiger partial charge in [0, 0.05) is 18.0 Å². The third-order valence-corrected chi connectivity index (χ3v) is 5.28. The van der Waals surface area contributed by atoms with Gasteiger partial charge in [0.05, 0.1) is 31.4 Å². The van der Waals surface area contributed by atoms with E-state index in [4.69, 9.17) is 23.4 Å². The number of methoxy groups -OCH3 is 3. The normalized spacial score (nSPS) is 10.5. The lowest BCUT2D eigenvalue weighted by atomic mass is 10.1. The first-order valence-corrected chi connectivity index (χ1v) is 10.2. The van der Waals surface area contributed by atoms with Crippen molar-refractivity contribution in [3.05, 3.63) is 56.4 Å². The zero-order valence-electron chi connectivity index (χ0n) is 17.7. The summed E-state index contributed by atoms with van der Waals surface area (Å²) >= 11 is 3.33. The molecule has 0 unspecified atom stereocenters. The molecule has 2 aromatic carbocycles. The molecule has 0 aliphatic carbocycles. The molecule has 10 heteroatoms. The highest BCUT2D eigenvalue weighted by Crippen LogP contribution is 2.45. The Balaban J connectivity index is 1.96. The van der Waals surface area contributed by atoms with Crippen LogP contribution in [0.25, 0.3) is 11.0 Å². The van der Waals surface area contributed by atoms with Crippen molar-refractivity contribution in [1.29, 1.82) is 0 Å². The third kappa shape index (κ3) is 4.40. The van der Waals surface area contributed by atoms with Gasteiger partial charge in [-0.15, -0.1) is 0 Å². The van der Waals surface area contributed by atoms with Crippen molar-refractivity contribution in [3.63, 3.8) is 0 Å². The molecule has 0 aliphatic rings. The van der Waals surface area contributed by atoms with Crippen molar-refractivity contribution in [2.24, 2.45) is 0 Å². The lowest BCUT2D eigenvalue weighted by molar-refractivity contribution is 0.0732. The Morgan fingerprint density at radius 2 is 1.72 bits per heavy atom. The Labute approximate surface area is 191 Å². The quantitative estimate of drug-likeness (QED) is 0.294. The first-order valence-electron chi connectivity index (χ1n) is 9.41. The minimum Gasteiger partial charge on any atom is -0.493 e. The monoisotopic (exact) mass is 505 g/mol. The summed E-state index contributed by atoms with van der Waals surface area (Å²) in [5.41, 5.74) is -0.602. The molecule has 0 bridgehead atoms. The summed E-state index contributed by atoms with van der Waals surface area (Å²) < 4.78 is 26.9. The fourth-order valence-electron chi connectivity index (χ4n) is 3.00. The summed E-state index contributed by atoms with van der Waals surface area (Å²) in [6, 6.07) is 7.37. The van der Waals surface area contributed by atoms with Crippen LogP contribution >= 0.6 is 15.9 Å². The molecule has 0 saturated carbocycles. The van der Waals surface area contributed by atoms with Gasteiger partial charge in [-0.05, 0) is 47.1 Å². The fourth-order valence-corrected chi connectivity index (χ4v) is 3.62. The molecular formula is C22H20BrNO8. The Hall–Kier alpha value is -3.53. The van der Waals surface area contributed by atoms with Crippen LogP contribution in [0, 0.1) is 0 Å². The second kappa shape index (κ2) is 9.73. The van der Waals surface area contributed by atoms with Crippen molar-refractivity contribution in [2.45, 2.75) is 6.92 Å². The number of carbonyl (C=O) groups is 2. The first kappa shape index (κ1) is 23.1. The summed E-state index contributed by atoms with van der Waals surface area (Å²) in [4.78, 5) is 37.0. The largest absolute Gasteiger partial charge is 0.493 e. The molecule has 0 atom stereocenters. The van der Waals surface area contributed by atoms with Crippen LogP contribution in [0.1, 0.15) is 27.6 Å². The molecule has 0 saturated heterocycles. The van der Waals surface area contributed by atoms with Crippen molar-refractivity contribution in [1.82, 2.24) is 5.32 Å². The Morgan fingerprint density at radius 1 is 1.00 bits per heavy atom. The van der Waals surface area contributed by atoms with Gasteiger partial charge in [0.1, 0.15) is 16.9 Å². The van der Waals surface area contributed by atoms with Gasteiger partial charge < -0.3 is 28.7 Å². The minimum absolute atomic E-state index is 0.106. The second-order valence-electron chi connectivity index (χ2n) is 6.40. The Morgan fingerprint density at radius 3 is 2.34 bits per heavy atom. The molecule has 3 aromatic rings. The van der Waals surface area contributed by atoms with Crippen LogP contribution in [0.2, 0.25) is 0 Å². The smallest absolute Gasteiger partial charge is 0.349 e. The average molecular weight is 506 g/mol. The molecule has 9 nitrogen and oxygen atoms in total. The maximum atomic E-state index is 12.8. The number of halogens is 1. The Kier molecular flexibility index (Phi) is 7.04. The van der Waals surface area contributed by atoms with Gasteiger partial charge in [-0.1, -0.05) is 0 Å². The van der Waals surface area contributed by atoms with E-state index in [1.165, 1.54) is 45.6 Å². The number of nitrogens with one attached hydrogen (secondary N) is 1. The van der Waals surface area contributed by atoms with E-state index in [0.29, 0.717) is 22.2 Å². The lowest BCUT2D eigenvalue weighted by Crippen LogP contribution is -2.27. The van der Waals surface area contributed by atoms with E-state index < -0.39 is 17.5 Å². The number of benzene rings is 2. The maximum Gasteiger partial charge on any atom is 0.349 e. The van der Waals surface area contributed by atoms with E-state index in [2.05, 4.69) is 21.2 Å².